The van der Waals surface area contributed by atoms with Crippen molar-refractivity contribution < 1.29 is 9.53 Å². The third kappa shape index (κ3) is 2.25. The lowest BCUT2D eigenvalue weighted by Gasteiger charge is -2.08. The van der Waals surface area contributed by atoms with Gasteiger partial charge in [0.1, 0.15) is 0 Å². The third-order valence-corrected chi connectivity index (χ3v) is 1.94. The molecule has 0 atom stereocenters. The fourth-order valence-corrected chi connectivity index (χ4v) is 1.25. The molecule has 0 unspecified atom stereocenters. The second kappa shape index (κ2) is 4.65. The van der Waals surface area contributed by atoms with Gasteiger partial charge in [-0.05, 0) is 26.0 Å². The molecule has 0 bridgehead atoms. The summed E-state index contributed by atoms with van der Waals surface area (Å²) in [6, 6.07) is 5.65. The van der Waals surface area contributed by atoms with Gasteiger partial charge in [0.2, 0.25) is 0 Å². The van der Waals surface area contributed by atoms with E-state index >= 15 is 0 Å². The average Bonchev–Trinajstić information content (AvgIpc) is 2.18. The lowest BCUT2D eigenvalue weighted by atomic mass is 10.1. The molecule has 0 saturated heterocycles. The van der Waals surface area contributed by atoms with Crippen LogP contribution in [0.2, 0.25) is 0 Å². The minimum atomic E-state index is -0.277. The van der Waals surface area contributed by atoms with E-state index in [1.165, 1.54) is 0 Å². The van der Waals surface area contributed by atoms with Gasteiger partial charge in [-0.1, -0.05) is 11.6 Å². The number of carbonyl (C=O) groups is 1. The summed E-state index contributed by atoms with van der Waals surface area (Å²) in [4.78, 5) is 11.5. The van der Waals surface area contributed by atoms with Crippen LogP contribution in [0.25, 0.3) is 0 Å². The van der Waals surface area contributed by atoms with Gasteiger partial charge >= 0.3 is 5.97 Å². The van der Waals surface area contributed by atoms with Gasteiger partial charge in [-0.2, -0.15) is 0 Å². The lowest BCUT2D eigenvalue weighted by Crippen LogP contribution is -2.08. The van der Waals surface area contributed by atoms with Crippen molar-refractivity contribution in [2.75, 3.05) is 19.0 Å². The van der Waals surface area contributed by atoms with Gasteiger partial charge in [0, 0.05) is 12.7 Å². The van der Waals surface area contributed by atoms with Gasteiger partial charge in [-0.15, -0.1) is 0 Å². The first-order chi connectivity index (χ1) is 6.69. The number of nitrogens with one attached hydrogen (secondary N) is 1. The second-order valence-electron chi connectivity index (χ2n) is 3.02. The van der Waals surface area contributed by atoms with Gasteiger partial charge in [0.25, 0.3) is 0 Å². The first kappa shape index (κ1) is 10.6. The highest BCUT2D eigenvalue weighted by molar-refractivity contribution is 5.95. The molecule has 0 aromatic heterocycles. The highest BCUT2D eigenvalue weighted by Gasteiger charge is 2.11. The fourth-order valence-electron chi connectivity index (χ4n) is 1.25. The number of anilines is 1. The van der Waals surface area contributed by atoms with Crippen LogP contribution in [-0.2, 0) is 4.74 Å². The number of carbonyl (C=O) groups excluding carboxylic acids is 1. The molecule has 0 radical (unpaired) electrons. The van der Waals surface area contributed by atoms with Crippen molar-refractivity contribution in [1.82, 2.24) is 0 Å². The zero-order valence-electron chi connectivity index (χ0n) is 8.76. The van der Waals surface area contributed by atoms with Crippen molar-refractivity contribution in [3.63, 3.8) is 0 Å². The van der Waals surface area contributed by atoms with Gasteiger partial charge in [-0.3, -0.25) is 0 Å². The zero-order valence-corrected chi connectivity index (χ0v) is 8.76. The summed E-state index contributed by atoms with van der Waals surface area (Å²) in [5.41, 5.74) is 2.44. The molecule has 3 heteroatoms. The van der Waals surface area contributed by atoms with E-state index < -0.39 is 0 Å². The van der Waals surface area contributed by atoms with E-state index in [2.05, 4.69) is 5.32 Å². The molecule has 0 aliphatic heterocycles. The molecule has 0 aliphatic rings. The summed E-state index contributed by atoms with van der Waals surface area (Å²) in [5, 5.41) is 2.96. The molecule has 0 amide bonds. The largest absolute Gasteiger partial charge is 0.462 e. The Morgan fingerprint density at radius 3 is 2.79 bits per heavy atom. The quantitative estimate of drug-likeness (QED) is 0.748. The van der Waals surface area contributed by atoms with Crippen LogP contribution < -0.4 is 5.32 Å². The summed E-state index contributed by atoms with van der Waals surface area (Å²) in [6.07, 6.45) is 0. The van der Waals surface area contributed by atoms with Crippen LogP contribution in [0, 0.1) is 6.92 Å². The molecule has 1 aromatic carbocycles. The maximum atomic E-state index is 11.5. The van der Waals surface area contributed by atoms with Crippen LogP contribution in [0.4, 0.5) is 5.69 Å². The monoisotopic (exact) mass is 193 g/mol. The molecular weight excluding hydrogens is 178 g/mol. The molecule has 0 heterocycles. The smallest absolute Gasteiger partial charge is 0.340 e. The van der Waals surface area contributed by atoms with E-state index in [0.717, 1.165) is 11.3 Å². The van der Waals surface area contributed by atoms with E-state index in [9.17, 15) is 4.79 Å². The predicted molar refractivity (Wildman–Crippen MR) is 56.7 cm³/mol. The normalized spacial score (nSPS) is 9.64. The first-order valence-electron chi connectivity index (χ1n) is 4.64. The molecule has 0 saturated carbocycles. The zero-order chi connectivity index (χ0) is 10.6. The summed E-state index contributed by atoms with van der Waals surface area (Å²) >= 11 is 0. The molecule has 1 aromatic rings. The number of hydrogen-bond donors (Lipinski definition) is 1. The maximum absolute atomic E-state index is 11.5. The van der Waals surface area contributed by atoms with Gasteiger partial charge in [-0.25, -0.2) is 4.79 Å². The minimum absolute atomic E-state index is 0.277. The van der Waals surface area contributed by atoms with E-state index in [4.69, 9.17) is 4.74 Å². The lowest BCUT2D eigenvalue weighted by molar-refractivity contribution is 0.0527. The van der Waals surface area contributed by atoms with E-state index in [-0.39, 0.29) is 5.97 Å². The average molecular weight is 193 g/mol. The van der Waals surface area contributed by atoms with Crippen molar-refractivity contribution in [2.45, 2.75) is 13.8 Å². The molecule has 0 fully saturated rings. The summed E-state index contributed by atoms with van der Waals surface area (Å²) in [6.45, 7) is 4.14. The van der Waals surface area contributed by atoms with Crippen molar-refractivity contribution in [1.29, 1.82) is 0 Å². The Balaban J connectivity index is 3.03. The Bertz CT molecular complexity index is 334. The standard InChI is InChI=1S/C11H15NO2/c1-4-14-11(13)9-7-8(2)5-6-10(9)12-3/h5-7,12H,4H2,1-3H3. The fraction of sp³-hybridized carbons (Fsp3) is 0.364. The van der Waals surface area contributed by atoms with E-state index in [1.807, 2.05) is 25.1 Å². The minimum Gasteiger partial charge on any atom is -0.462 e. The van der Waals surface area contributed by atoms with Crippen molar-refractivity contribution >= 4 is 11.7 Å². The molecule has 0 spiro atoms. The van der Waals surface area contributed by atoms with Crippen LogP contribution in [0.1, 0.15) is 22.8 Å². The Morgan fingerprint density at radius 2 is 2.21 bits per heavy atom. The van der Waals surface area contributed by atoms with Crippen LogP contribution in [0.3, 0.4) is 0 Å². The molecule has 1 rings (SSSR count). The van der Waals surface area contributed by atoms with Crippen LogP contribution in [0.5, 0.6) is 0 Å². The number of hydrogen-bond acceptors (Lipinski definition) is 3. The van der Waals surface area contributed by atoms with Crippen LogP contribution in [0.15, 0.2) is 18.2 Å². The highest BCUT2D eigenvalue weighted by atomic mass is 16.5. The number of benzene rings is 1. The Labute approximate surface area is 84.1 Å². The second-order valence-corrected chi connectivity index (χ2v) is 3.02. The van der Waals surface area contributed by atoms with Gasteiger partial charge < -0.3 is 10.1 Å². The van der Waals surface area contributed by atoms with Gasteiger partial charge in [0.05, 0.1) is 12.2 Å². The van der Waals surface area contributed by atoms with Crippen LogP contribution in [-0.4, -0.2) is 19.6 Å². The molecule has 3 nitrogen and oxygen atoms in total. The summed E-state index contributed by atoms with van der Waals surface area (Å²) < 4.78 is 4.95. The number of esters is 1. The van der Waals surface area contributed by atoms with Crippen molar-refractivity contribution in [2.24, 2.45) is 0 Å². The third-order valence-electron chi connectivity index (χ3n) is 1.94. The highest BCUT2D eigenvalue weighted by Crippen LogP contribution is 2.17. The Morgan fingerprint density at radius 1 is 1.50 bits per heavy atom. The number of rotatable bonds is 3. The predicted octanol–water partition coefficient (Wildman–Crippen LogP) is 2.21. The van der Waals surface area contributed by atoms with E-state index in [1.54, 1.807) is 14.0 Å². The maximum Gasteiger partial charge on any atom is 0.340 e. The molecule has 14 heavy (non-hydrogen) atoms. The summed E-state index contributed by atoms with van der Waals surface area (Å²) in [5.74, 6) is -0.277. The molecule has 0 aliphatic carbocycles. The van der Waals surface area contributed by atoms with Crippen molar-refractivity contribution in [3.8, 4) is 0 Å². The Kier molecular flexibility index (Phi) is 3.51. The topological polar surface area (TPSA) is 38.3 Å². The van der Waals surface area contributed by atoms with Crippen molar-refractivity contribution in [3.05, 3.63) is 29.3 Å². The first-order valence-corrected chi connectivity index (χ1v) is 4.64. The molecule has 76 valence electrons. The molecular formula is C11H15NO2. The SMILES string of the molecule is CCOC(=O)c1cc(C)ccc1NC. The molecule has 1 N–H and O–H groups in total. The number of ether oxygens (including phenoxy) is 1. The Hall–Kier alpha value is -1.51. The van der Waals surface area contributed by atoms with Crippen LogP contribution >= 0.6 is 0 Å². The number of aryl methyl sites for hydroxylation is 1. The van der Waals surface area contributed by atoms with E-state index in [0.29, 0.717) is 12.2 Å². The summed E-state index contributed by atoms with van der Waals surface area (Å²) in [7, 11) is 1.79. The van der Waals surface area contributed by atoms with Gasteiger partial charge in [0.15, 0.2) is 0 Å².